The molecule has 0 aliphatic heterocycles. The second-order valence-corrected chi connectivity index (χ2v) is 3.86. The molecule has 0 spiro atoms. The van der Waals surface area contributed by atoms with Gasteiger partial charge >= 0.3 is 0 Å². The lowest BCUT2D eigenvalue weighted by Crippen LogP contribution is -1.83. The van der Waals surface area contributed by atoms with Crippen LogP contribution in [-0.4, -0.2) is 4.98 Å². The lowest BCUT2D eigenvalue weighted by molar-refractivity contribution is 0.856. The highest BCUT2D eigenvalue weighted by atomic mass is 14.7. The van der Waals surface area contributed by atoms with Crippen molar-refractivity contribution in [1.82, 2.24) is 4.98 Å². The molecule has 0 atom stereocenters. The van der Waals surface area contributed by atoms with E-state index in [1.807, 2.05) is 0 Å². The lowest BCUT2D eigenvalue weighted by atomic mass is 10.1. The molecular formula is C13H13N. The highest BCUT2D eigenvalue weighted by Gasteiger charge is 2.09. The largest absolute Gasteiger partial charge is 0.355 e. The number of rotatable bonds is 0. The van der Waals surface area contributed by atoms with Gasteiger partial charge in [0.2, 0.25) is 0 Å². The van der Waals surface area contributed by atoms with Crippen LogP contribution in [0.2, 0.25) is 0 Å². The number of fused-ring (bicyclic) bond motifs is 3. The molecule has 1 aromatic carbocycles. The number of benzene rings is 1. The first-order chi connectivity index (χ1) is 6.95. The summed E-state index contributed by atoms with van der Waals surface area (Å²) >= 11 is 0. The summed E-state index contributed by atoms with van der Waals surface area (Å²) in [4.78, 5) is 3.47. The van der Waals surface area contributed by atoms with E-state index in [1.165, 1.54) is 41.4 Å². The average Bonchev–Trinajstić information content (AvgIpc) is 2.42. The van der Waals surface area contributed by atoms with Crippen LogP contribution in [0.4, 0.5) is 0 Å². The Labute approximate surface area is 83.5 Å². The van der Waals surface area contributed by atoms with Gasteiger partial charge in [0.05, 0.1) is 0 Å². The summed E-state index contributed by atoms with van der Waals surface area (Å²) in [6.45, 7) is 0. The Kier molecular flexibility index (Phi) is 1.69. The van der Waals surface area contributed by atoms with Crippen LogP contribution in [0.25, 0.3) is 17.0 Å². The van der Waals surface area contributed by atoms with E-state index in [0.717, 1.165) is 0 Å². The Bertz CT molecular complexity index is 491. The molecule has 1 heterocycles. The fourth-order valence-electron chi connectivity index (χ4n) is 2.23. The zero-order valence-electron chi connectivity index (χ0n) is 8.09. The number of hydrogen-bond donors (Lipinski definition) is 1. The number of nitrogens with one attached hydrogen (secondary N) is 1. The van der Waals surface area contributed by atoms with Gasteiger partial charge in [-0.05, 0) is 37.0 Å². The number of aromatic amines is 1. The van der Waals surface area contributed by atoms with Gasteiger partial charge in [-0.3, -0.25) is 0 Å². The van der Waals surface area contributed by atoms with Crippen molar-refractivity contribution in [2.45, 2.75) is 19.3 Å². The number of H-pyrrole nitrogens is 1. The summed E-state index contributed by atoms with van der Waals surface area (Å²) in [5, 5.41) is 1.40. The number of aryl methyl sites for hydroxylation is 1. The number of para-hydroxylation sites is 1. The Morgan fingerprint density at radius 3 is 3.07 bits per heavy atom. The molecule has 0 fully saturated rings. The molecule has 0 amide bonds. The van der Waals surface area contributed by atoms with Gasteiger partial charge in [0.25, 0.3) is 0 Å². The third-order valence-corrected chi connectivity index (χ3v) is 2.93. The Morgan fingerprint density at radius 2 is 2.07 bits per heavy atom. The molecule has 3 rings (SSSR count). The summed E-state index contributed by atoms with van der Waals surface area (Å²) in [5.74, 6) is 0. The molecule has 0 bridgehead atoms. The first kappa shape index (κ1) is 7.86. The van der Waals surface area contributed by atoms with Crippen LogP contribution >= 0.6 is 0 Å². The van der Waals surface area contributed by atoms with E-state index in [0.29, 0.717) is 0 Å². The van der Waals surface area contributed by atoms with Gasteiger partial charge < -0.3 is 4.98 Å². The van der Waals surface area contributed by atoms with E-state index < -0.39 is 0 Å². The molecule has 1 aliphatic carbocycles. The van der Waals surface area contributed by atoms with Crippen LogP contribution in [0, 0.1) is 0 Å². The fourth-order valence-corrected chi connectivity index (χ4v) is 2.23. The minimum atomic E-state index is 1.20. The molecule has 0 saturated heterocycles. The Balaban J connectivity index is 2.33. The number of allylic oxidation sites excluding steroid dienone is 1. The molecule has 70 valence electrons. The van der Waals surface area contributed by atoms with Crippen molar-refractivity contribution in [2.24, 2.45) is 0 Å². The highest BCUT2D eigenvalue weighted by Crippen LogP contribution is 2.26. The second kappa shape index (κ2) is 3.02. The van der Waals surface area contributed by atoms with Gasteiger partial charge in [0, 0.05) is 16.6 Å². The van der Waals surface area contributed by atoms with Crippen molar-refractivity contribution in [3.8, 4) is 0 Å². The maximum Gasteiger partial charge on any atom is 0.0461 e. The Hall–Kier alpha value is -1.50. The van der Waals surface area contributed by atoms with E-state index >= 15 is 0 Å². The molecule has 1 aromatic heterocycles. The van der Waals surface area contributed by atoms with Gasteiger partial charge in [-0.25, -0.2) is 0 Å². The third-order valence-electron chi connectivity index (χ3n) is 2.93. The van der Waals surface area contributed by atoms with E-state index in [9.17, 15) is 0 Å². The summed E-state index contributed by atoms with van der Waals surface area (Å²) in [6, 6.07) is 8.56. The molecule has 2 aromatic rings. The molecule has 14 heavy (non-hydrogen) atoms. The van der Waals surface area contributed by atoms with Gasteiger partial charge in [0.1, 0.15) is 0 Å². The maximum atomic E-state index is 3.47. The quantitative estimate of drug-likeness (QED) is 0.643. The number of hydrogen-bond acceptors (Lipinski definition) is 0. The minimum Gasteiger partial charge on any atom is -0.355 e. The topological polar surface area (TPSA) is 15.8 Å². The molecule has 1 heteroatoms. The van der Waals surface area contributed by atoms with E-state index in [1.54, 1.807) is 0 Å². The maximum absolute atomic E-state index is 3.47. The van der Waals surface area contributed by atoms with Gasteiger partial charge in [-0.15, -0.1) is 0 Å². The van der Waals surface area contributed by atoms with Gasteiger partial charge in [-0.2, -0.15) is 0 Å². The van der Waals surface area contributed by atoms with Crippen molar-refractivity contribution in [2.75, 3.05) is 0 Å². The molecule has 1 N–H and O–H groups in total. The first-order valence-corrected chi connectivity index (χ1v) is 5.21. The van der Waals surface area contributed by atoms with Gasteiger partial charge in [-0.1, -0.05) is 24.3 Å². The molecule has 1 aliphatic rings. The fraction of sp³-hybridized carbons (Fsp3) is 0.231. The SMILES string of the molecule is C1=Cc2[nH]c3ccccc3c2CCC1. The average molecular weight is 183 g/mol. The molecule has 0 radical (unpaired) electrons. The monoisotopic (exact) mass is 183 g/mol. The van der Waals surface area contributed by atoms with Crippen LogP contribution < -0.4 is 0 Å². The van der Waals surface area contributed by atoms with Crippen molar-refractivity contribution in [3.05, 3.63) is 41.6 Å². The van der Waals surface area contributed by atoms with Crippen molar-refractivity contribution >= 4 is 17.0 Å². The second-order valence-electron chi connectivity index (χ2n) is 3.86. The zero-order valence-corrected chi connectivity index (χ0v) is 8.09. The van der Waals surface area contributed by atoms with Crippen molar-refractivity contribution < 1.29 is 0 Å². The van der Waals surface area contributed by atoms with Crippen LogP contribution in [-0.2, 0) is 6.42 Å². The van der Waals surface area contributed by atoms with E-state index in [4.69, 9.17) is 0 Å². The van der Waals surface area contributed by atoms with Gasteiger partial charge in [0.15, 0.2) is 0 Å². The standard InChI is InChI=1S/C13H13N/c1-2-6-10-11-7-4-5-9-13(11)14-12(10)8-3-1/h3-5,7-9,14H,1-2,6H2. The van der Waals surface area contributed by atoms with Crippen molar-refractivity contribution in [3.63, 3.8) is 0 Å². The zero-order chi connectivity index (χ0) is 9.38. The van der Waals surface area contributed by atoms with Crippen LogP contribution in [0.3, 0.4) is 0 Å². The van der Waals surface area contributed by atoms with Crippen LogP contribution in [0.1, 0.15) is 24.1 Å². The van der Waals surface area contributed by atoms with Crippen LogP contribution in [0.15, 0.2) is 30.3 Å². The molecule has 1 nitrogen and oxygen atoms in total. The summed E-state index contributed by atoms with van der Waals surface area (Å²) < 4.78 is 0. The predicted octanol–water partition coefficient (Wildman–Crippen LogP) is 3.52. The normalized spacial score (nSPS) is 15.4. The van der Waals surface area contributed by atoms with E-state index in [-0.39, 0.29) is 0 Å². The molecule has 0 unspecified atom stereocenters. The summed E-state index contributed by atoms with van der Waals surface area (Å²) in [6.07, 6.45) is 8.16. The smallest absolute Gasteiger partial charge is 0.0461 e. The molecular weight excluding hydrogens is 170 g/mol. The lowest BCUT2D eigenvalue weighted by Gasteiger charge is -1.96. The first-order valence-electron chi connectivity index (χ1n) is 5.21. The highest BCUT2D eigenvalue weighted by molar-refractivity contribution is 5.87. The predicted molar refractivity (Wildman–Crippen MR) is 60.3 cm³/mol. The number of aromatic nitrogens is 1. The van der Waals surface area contributed by atoms with Crippen LogP contribution in [0.5, 0.6) is 0 Å². The minimum absolute atomic E-state index is 1.20. The third kappa shape index (κ3) is 1.09. The summed E-state index contributed by atoms with van der Waals surface area (Å²) in [7, 11) is 0. The van der Waals surface area contributed by atoms with E-state index in [2.05, 4.69) is 41.4 Å². The Morgan fingerprint density at radius 1 is 1.14 bits per heavy atom. The summed E-state index contributed by atoms with van der Waals surface area (Å²) in [5.41, 5.74) is 4.07. The van der Waals surface area contributed by atoms with Crippen molar-refractivity contribution in [1.29, 1.82) is 0 Å². The molecule has 0 saturated carbocycles.